The van der Waals surface area contributed by atoms with Gasteiger partial charge in [-0.25, -0.2) is 8.42 Å². The lowest BCUT2D eigenvalue weighted by atomic mass is 9.76. The van der Waals surface area contributed by atoms with Crippen LogP contribution in [0.15, 0.2) is 0 Å². The summed E-state index contributed by atoms with van der Waals surface area (Å²) < 4.78 is 23.5. The molecule has 1 rings (SSSR count). The maximum absolute atomic E-state index is 12.1. The fraction of sp³-hybridized carbons (Fsp3) is 0.846. The SMILES string of the molecule is CC(C)C1(C(=O)O)CCN(C(=O)CS(=O)(=O)C(C)C)C1. The van der Waals surface area contributed by atoms with Crippen LogP contribution < -0.4 is 0 Å². The molecule has 1 N–H and O–H groups in total. The zero-order chi connectivity index (χ0) is 15.7. The number of rotatable bonds is 5. The number of nitrogens with zero attached hydrogens (tertiary/aromatic N) is 1. The van der Waals surface area contributed by atoms with Gasteiger partial charge in [-0.2, -0.15) is 0 Å². The first-order valence-electron chi connectivity index (χ1n) is 6.75. The largest absolute Gasteiger partial charge is 0.481 e. The molecular weight excluding hydrogens is 282 g/mol. The summed E-state index contributed by atoms with van der Waals surface area (Å²) in [4.78, 5) is 24.9. The molecule has 1 saturated heterocycles. The van der Waals surface area contributed by atoms with E-state index >= 15 is 0 Å². The van der Waals surface area contributed by atoms with Gasteiger partial charge in [0.1, 0.15) is 5.75 Å². The lowest BCUT2D eigenvalue weighted by Gasteiger charge is -2.28. The van der Waals surface area contributed by atoms with E-state index in [0.29, 0.717) is 13.0 Å². The number of hydrogen-bond donors (Lipinski definition) is 1. The van der Waals surface area contributed by atoms with Crippen molar-refractivity contribution >= 4 is 21.7 Å². The first kappa shape index (κ1) is 16.9. The van der Waals surface area contributed by atoms with Crippen LogP contribution in [0.25, 0.3) is 0 Å². The minimum absolute atomic E-state index is 0.0897. The molecule has 7 heteroatoms. The van der Waals surface area contributed by atoms with Crippen molar-refractivity contribution in [3.8, 4) is 0 Å². The number of carboxylic acids is 1. The van der Waals surface area contributed by atoms with Crippen molar-refractivity contribution in [1.82, 2.24) is 4.90 Å². The third-order valence-corrected chi connectivity index (χ3v) is 6.31. The van der Waals surface area contributed by atoms with Crippen LogP contribution in [0, 0.1) is 11.3 Å². The first-order chi connectivity index (χ1) is 9.03. The minimum atomic E-state index is -3.45. The van der Waals surface area contributed by atoms with Crippen molar-refractivity contribution in [3.63, 3.8) is 0 Å². The van der Waals surface area contributed by atoms with Gasteiger partial charge in [0.25, 0.3) is 0 Å². The van der Waals surface area contributed by atoms with E-state index < -0.39 is 38.1 Å². The van der Waals surface area contributed by atoms with Gasteiger partial charge < -0.3 is 10.0 Å². The number of sulfone groups is 1. The topological polar surface area (TPSA) is 91.8 Å². The second kappa shape index (κ2) is 5.71. The molecule has 0 aromatic carbocycles. The van der Waals surface area contributed by atoms with Gasteiger partial charge in [-0.05, 0) is 26.2 Å². The van der Waals surface area contributed by atoms with Crippen LogP contribution in [0.1, 0.15) is 34.1 Å². The van der Waals surface area contributed by atoms with Crippen LogP contribution >= 0.6 is 0 Å². The fourth-order valence-corrected chi connectivity index (χ4v) is 3.23. The second-order valence-electron chi connectivity index (χ2n) is 6.04. The van der Waals surface area contributed by atoms with Crippen LogP contribution in [0.3, 0.4) is 0 Å². The molecule has 1 unspecified atom stereocenters. The van der Waals surface area contributed by atoms with Crippen LogP contribution in [0.2, 0.25) is 0 Å². The van der Waals surface area contributed by atoms with Crippen molar-refractivity contribution in [2.75, 3.05) is 18.8 Å². The van der Waals surface area contributed by atoms with Crippen molar-refractivity contribution < 1.29 is 23.1 Å². The zero-order valence-corrected chi connectivity index (χ0v) is 13.2. The Kier molecular flexibility index (Phi) is 4.84. The Morgan fingerprint density at radius 2 is 1.80 bits per heavy atom. The maximum atomic E-state index is 12.1. The standard InChI is InChI=1S/C13H23NO5S/c1-9(2)13(12(16)17)5-6-14(8-13)11(15)7-20(18,19)10(3)4/h9-10H,5-8H2,1-4H3,(H,16,17). The van der Waals surface area contributed by atoms with E-state index in [4.69, 9.17) is 0 Å². The van der Waals surface area contributed by atoms with Crippen LogP contribution in [-0.4, -0.2) is 54.4 Å². The monoisotopic (exact) mass is 305 g/mol. The Labute approximate surface area is 120 Å². The third-order valence-electron chi connectivity index (χ3n) is 4.23. The van der Waals surface area contributed by atoms with E-state index in [9.17, 15) is 23.1 Å². The molecule has 1 aliphatic heterocycles. The van der Waals surface area contributed by atoms with Crippen molar-refractivity contribution in [2.45, 2.75) is 39.4 Å². The molecule has 6 nitrogen and oxygen atoms in total. The van der Waals surface area contributed by atoms with Crippen molar-refractivity contribution in [2.24, 2.45) is 11.3 Å². The van der Waals surface area contributed by atoms with Gasteiger partial charge in [0.05, 0.1) is 10.7 Å². The molecule has 0 aromatic rings. The molecule has 0 bridgehead atoms. The normalized spacial score (nSPS) is 23.6. The average Bonchev–Trinajstić information content (AvgIpc) is 2.74. The first-order valence-corrected chi connectivity index (χ1v) is 8.47. The molecule has 0 spiro atoms. The molecule has 116 valence electrons. The molecule has 1 amide bonds. The molecular formula is C13H23NO5S. The Bertz CT molecular complexity index is 497. The molecule has 1 atom stereocenters. The molecule has 0 aromatic heterocycles. The van der Waals surface area contributed by atoms with Gasteiger partial charge in [0.15, 0.2) is 9.84 Å². The van der Waals surface area contributed by atoms with Crippen LogP contribution in [-0.2, 0) is 19.4 Å². The smallest absolute Gasteiger partial charge is 0.311 e. The third kappa shape index (κ3) is 3.13. The van der Waals surface area contributed by atoms with Gasteiger partial charge in [-0.15, -0.1) is 0 Å². The lowest BCUT2D eigenvalue weighted by Crippen LogP contribution is -2.42. The number of carbonyl (C=O) groups is 2. The molecule has 0 radical (unpaired) electrons. The Balaban J connectivity index is 2.83. The summed E-state index contributed by atoms with van der Waals surface area (Å²) in [6, 6.07) is 0. The number of carboxylic acid groups (broad SMARTS) is 1. The highest BCUT2D eigenvalue weighted by atomic mass is 32.2. The number of carbonyl (C=O) groups excluding carboxylic acids is 1. The predicted molar refractivity (Wildman–Crippen MR) is 75.0 cm³/mol. The van der Waals surface area contributed by atoms with E-state index in [1.165, 1.54) is 18.7 Å². The molecule has 20 heavy (non-hydrogen) atoms. The Morgan fingerprint density at radius 3 is 2.15 bits per heavy atom. The highest BCUT2D eigenvalue weighted by Crippen LogP contribution is 2.38. The second-order valence-corrected chi connectivity index (χ2v) is 8.59. The number of hydrogen-bond acceptors (Lipinski definition) is 4. The van der Waals surface area contributed by atoms with E-state index in [1.807, 2.05) is 13.8 Å². The van der Waals surface area contributed by atoms with Gasteiger partial charge in [-0.3, -0.25) is 9.59 Å². The quantitative estimate of drug-likeness (QED) is 0.810. The summed E-state index contributed by atoms with van der Waals surface area (Å²) in [6.45, 7) is 7.08. The lowest BCUT2D eigenvalue weighted by molar-refractivity contribution is -0.151. The molecule has 1 aliphatic rings. The number of amides is 1. The summed E-state index contributed by atoms with van der Waals surface area (Å²) in [5.41, 5.74) is -0.961. The van der Waals surface area contributed by atoms with Crippen LogP contribution in [0.4, 0.5) is 0 Å². The predicted octanol–water partition coefficient (Wildman–Crippen LogP) is 0.769. The molecule has 1 fully saturated rings. The molecule has 0 saturated carbocycles. The summed E-state index contributed by atoms with van der Waals surface area (Å²) in [7, 11) is -3.45. The summed E-state index contributed by atoms with van der Waals surface area (Å²) in [5, 5.41) is 8.79. The maximum Gasteiger partial charge on any atom is 0.311 e. The highest BCUT2D eigenvalue weighted by Gasteiger charge is 2.48. The number of likely N-dealkylation sites (tertiary alicyclic amines) is 1. The van der Waals surface area contributed by atoms with Crippen molar-refractivity contribution in [1.29, 1.82) is 0 Å². The number of aliphatic carboxylic acids is 1. The van der Waals surface area contributed by atoms with Gasteiger partial charge in [-0.1, -0.05) is 13.8 Å². The van der Waals surface area contributed by atoms with Crippen molar-refractivity contribution in [3.05, 3.63) is 0 Å². The van der Waals surface area contributed by atoms with Gasteiger partial charge in [0, 0.05) is 13.1 Å². The highest BCUT2D eigenvalue weighted by molar-refractivity contribution is 7.92. The minimum Gasteiger partial charge on any atom is -0.481 e. The van der Waals surface area contributed by atoms with Gasteiger partial charge in [0.2, 0.25) is 5.91 Å². The average molecular weight is 305 g/mol. The summed E-state index contributed by atoms with van der Waals surface area (Å²) in [6.07, 6.45) is 0.369. The van der Waals surface area contributed by atoms with Gasteiger partial charge >= 0.3 is 5.97 Å². The van der Waals surface area contributed by atoms with Crippen LogP contribution in [0.5, 0.6) is 0 Å². The zero-order valence-electron chi connectivity index (χ0n) is 12.4. The Hall–Kier alpha value is -1.11. The summed E-state index contributed by atoms with van der Waals surface area (Å²) >= 11 is 0. The van der Waals surface area contributed by atoms with E-state index in [-0.39, 0.29) is 12.5 Å². The van der Waals surface area contributed by atoms with E-state index in [0.717, 1.165) is 0 Å². The summed E-state index contributed by atoms with van der Waals surface area (Å²) in [5.74, 6) is -2.07. The van der Waals surface area contributed by atoms with E-state index in [2.05, 4.69) is 0 Å². The Morgan fingerprint density at radius 1 is 1.25 bits per heavy atom. The molecule has 0 aliphatic carbocycles. The fourth-order valence-electron chi connectivity index (χ4n) is 2.37. The molecule has 1 heterocycles. The van der Waals surface area contributed by atoms with E-state index in [1.54, 1.807) is 0 Å².